The molecule has 182 valence electrons. The van der Waals surface area contributed by atoms with Crippen LogP contribution in [-0.4, -0.2) is 37.1 Å². The molecule has 0 spiro atoms. The second-order valence-corrected chi connectivity index (χ2v) is 10.3. The number of fused-ring (bicyclic) bond motifs is 1. The van der Waals surface area contributed by atoms with Gasteiger partial charge >= 0.3 is 10.1 Å². The van der Waals surface area contributed by atoms with Gasteiger partial charge in [0.05, 0.1) is 6.20 Å². The zero-order valence-corrected chi connectivity index (χ0v) is 21.0. The summed E-state index contributed by atoms with van der Waals surface area (Å²) in [6, 6.07) is 20.4. The van der Waals surface area contributed by atoms with Gasteiger partial charge in [-0.2, -0.15) is 18.0 Å². The first-order chi connectivity index (χ1) is 17.2. The van der Waals surface area contributed by atoms with Crippen LogP contribution in [0, 0.1) is 0 Å². The molecule has 0 bridgehead atoms. The summed E-state index contributed by atoms with van der Waals surface area (Å²) in [4.78, 5) is 6.66. The first-order valence-corrected chi connectivity index (χ1v) is 12.7. The minimum Gasteiger partial charge on any atom is -0.383 e. The van der Waals surface area contributed by atoms with Crippen molar-refractivity contribution in [2.75, 3.05) is 24.7 Å². The van der Waals surface area contributed by atoms with E-state index in [4.69, 9.17) is 21.5 Å². The Morgan fingerprint density at radius 2 is 1.47 bits per heavy atom. The number of nitrogens with zero attached hydrogens (tertiary/aromatic N) is 4. The lowest BCUT2D eigenvalue weighted by molar-refractivity contribution is 0.486. The summed E-state index contributed by atoms with van der Waals surface area (Å²) in [6.07, 6.45) is 3.43. The third kappa shape index (κ3) is 4.46. The third-order valence-corrected chi connectivity index (χ3v) is 7.25. The Balaban J connectivity index is 1.42. The molecular formula is C26H22ClN5O3S. The molecule has 0 saturated carbocycles. The molecule has 0 amide bonds. The monoisotopic (exact) mass is 519 g/mol. The Labute approximate surface area is 213 Å². The van der Waals surface area contributed by atoms with Gasteiger partial charge in [-0.15, -0.1) is 0 Å². The van der Waals surface area contributed by atoms with Crippen molar-refractivity contribution < 1.29 is 12.6 Å². The van der Waals surface area contributed by atoms with Gasteiger partial charge in [-0.25, -0.2) is 4.98 Å². The van der Waals surface area contributed by atoms with Gasteiger partial charge in [0.25, 0.3) is 0 Å². The van der Waals surface area contributed by atoms with E-state index < -0.39 is 10.1 Å². The van der Waals surface area contributed by atoms with E-state index in [0.29, 0.717) is 22.1 Å². The van der Waals surface area contributed by atoms with E-state index >= 15 is 0 Å². The molecule has 8 nitrogen and oxygen atoms in total. The van der Waals surface area contributed by atoms with Crippen LogP contribution in [0.25, 0.3) is 27.9 Å². The van der Waals surface area contributed by atoms with Crippen LogP contribution >= 0.6 is 11.6 Å². The van der Waals surface area contributed by atoms with E-state index in [1.807, 2.05) is 43.3 Å². The lowest BCUT2D eigenvalue weighted by Crippen LogP contribution is -2.09. The van der Waals surface area contributed by atoms with E-state index in [-0.39, 0.29) is 10.6 Å². The quantitative estimate of drug-likeness (QED) is 0.310. The maximum Gasteiger partial charge on any atom is 0.339 e. The number of anilines is 2. The normalized spacial score (nSPS) is 11.5. The van der Waals surface area contributed by atoms with E-state index in [0.717, 1.165) is 22.4 Å². The van der Waals surface area contributed by atoms with Crippen molar-refractivity contribution in [3.05, 3.63) is 90.2 Å². The smallest absolute Gasteiger partial charge is 0.339 e. The van der Waals surface area contributed by atoms with Gasteiger partial charge in [-0.05, 0) is 59.7 Å². The topological polar surface area (TPSA) is 103 Å². The average Bonchev–Trinajstić information content (AvgIpc) is 3.30. The number of benzene rings is 3. The highest BCUT2D eigenvalue weighted by Gasteiger charge is 2.18. The van der Waals surface area contributed by atoms with Gasteiger partial charge in [-0.1, -0.05) is 35.9 Å². The number of nitrogens with two attached hydrogens (primary N) is 1. The number of halogens is 1. The summed E-state index contributed by atoms with van der Waals surface area (Å²) >= 11 is 5.84. The summed E-state index contributed by atoms with van der Waals surface area (Å²) in [5, 5.41) is 4.89. The minimum absolute atomic E-state index is 0.0145. The predicted molar refractivity (Wildman–Crippen MR) is 142 cm³/mol. The fraction of sp³-hybridized carbons (Fsp3) is 0.0769. The fourth-order valence-corrected chi connectivity index (χ4v) is 4.84. The molecule has 0 aliphatic rings. The number of aromatic nitrogens is 3. The van der Waals surface area contributed by atoms with E-state index in [1.165, 1.54) is 24.3 Å². The molecule has 5 rings (SSSR count). The number of rotatable bonds is 6. The maximum atomic E-state index is 12.5. The molecule has 2 aromatic heterocycles. The van der Waals surface area contributed by atoms with Crippen LogP contribution in [0.2, 0.25) is 5.02 Å². The van der Waals surface area contributed by atoms with Crippen molar-refractivity contribution in [2.45, 2.75) is 4.90 Å². The summed E-state index contributed by atoms with van der Waals surface area (Å²) in [6.45, 7) is 0. The predicted octanol–water partition coefficient (Wildman–Crippen LogP) is 5.13. The maximum absolute atomic E-state index is 12.5. The molecule has 3 aromatic carbocycles. The molecule has 0 aliphatic carbocycles. The van der Waals surface area contributed by atoms with Gasteiger partial charge in [0.15, 0.2) is 5.65 Å². The highest BCUT2D eigenvalue weighted by Crippen LogP contribution is 2.32. The lowest BCUT2D eigenvalue weighted by Gasteiger charge is -2.12. The highest BCUT2D eigenvalue weighted by molar-refractivity contribution is 7.87. The van der Waals surface area contributed by atoms with Crippen molar-refractivity contribution in [1.29, 1.82) is 0 Å². The van der Waals surface area contributed by atoms with Gasteiger partial charge in [0, 0.05) is 42.1 Å². The van der Waals surface area contributed by atoms with Gasteiger partial charge in [0.1, 0.15) is 16.5 Å². The van der Waals surface area contributed by atoms with Crippen LogP contribution in [0.5, 0.6) is 5.75 Å². The minimum atomic E-state index is -3.99. The van der Waals surface area contributed by atoms with E-state index in [2.05, 4.69) is 10.1 Å². The molecule has 36 heavy (non-hydrogen) atoms. The van der Waals surface area contributed by atoms with Crippen LogP contribution in [0.15, 0.2) is 90.1 Å². The van der Waals surface area contributed by atoms with Crippen LogP contribution in [-0.2, 0) is 10.1 Å². The summed E-state index contributed by atoms with van der Waals surface area (Å²) in [5.41, 5.74) is 11.4. The molecular weight excluding hydrogens is 498 g/mol. The fourth-order valence-electron chi connectivity index (χ4n) is 3.78. The molecule has 10 heteroatoms. The molecule has 0 aliphatic heterocycles. The van der Waals surface area contributed by atoms with Crippen LogP contribution < -0.4 is 14.8 Å². The molecule has 0 unspecified atom stereocenters. The first-order valence-electron chi connectivity index (χ1n) is 10.9. The molecule has 2 heterocycles. The van der Waals surface area contributed by atoms with E-state index in [1.54, 1.807) is 41.2 Å². The first kappa shape index (κ1) is 23.7. The number of hydrogen-bond donors (Lipinski definition) is 1. The Hall–Kier alpha value is -4.08. The molecule has 5 aromatic rings. The second-order valence-electron chi connectivity index (χ2n) is 8.31. The van der Waals surface area contributed by atoms with E-state index in [9.17, 15) is 8.42 Å². The Morgan fingerprint density at radius 3 is 2.11 bits per heavy atom. The largest absolute Gasteiger partial charge is 0.383 e. The van der Waals surface area contributed by atoms with Crippen LogP contribution in [0.1, 0.15) is 0 Å². The Kier molecular flexibility index (Phi) is 6.03. The van der Waals surface area contributed by atoms with Gasteiger partial charge in [-0.3, -0.25) is 0 Å². The third-order valence-electron chi connectivity index (χ3n) is 5.73. The summed E-state index contributed by atoms with van der Waals surface area (Å²) in [5.74, 6) is 0.586. The Bertz CT molecular complexity index is 1650. The van der Waals surface area contributed by atoms with Crippen molar-refractivity contribution in [3.63, 3.8) is 0 Å². The standard InChI is InChI=1S/C26H22ClN5O3S/c1-31(2)20-9-3-18(4-10-20)24-16-30-32-25(28)23(15-29-26(24)32)17-5-11-21(12-6-17)35-36(33,34)22-13-7-19(27)8-14-22/h3-16H,28H2,1-2H3. The van der Waals surface area contributed by atoms with Crippen LogP contribution in [0.4, 0.5) is 11.5 Å². The molecule has 2 N–H and O–H groups in total. The van der Waals surface area contributed by atoms with Crippen molar-refractivity contribution in [2.24, 2.45) is 0 Å². The van der Waals surface area contributed by atoms with Crippen molar-refractivity contribution in [1.82, 2.24) is 14.6 Å². The number of hydrogen-bond acceptors (Lipinski definition) is 7. The number of nitrogen functional groups attached to an aromatic ring is 1. The van der Waals surface area contributed by atoms with Gasteiger partial charge < -0.3 is 14.8 Å². The van der Waals surface area contributed by atoms with Crippen molar-refractivity contribution in [3.8, 4) is 28.0 Å². The summed E-state index contributed by atoms with van der Waals surface area (Å²) in [7, 11) is -0.00538. The summed E-state index contributed by atoms with van der Waals surface area (Å²) < 4.78 is 31.9. The van der Waals surface area contributed by atoms with Gasteiger partial charge in [0.2, 0.25) is 0 Å². The Morgan fingerprint density at radius 1 is 0.861 bits per heavy atom. The lowest BCUT2D eigenvalue weighted by atomic mass is 10.1. The molecule has 0 fully saturated rings. The van der Waals surface area contributed by atoms with Crippen molar-refractivity contribution >= 4 is 38.9 Å². The highest BCUT2D eigenvalue weighted by atomic mass is 35.5. The second kappa shape index (κ2) is 9.18. The SMILES string of the molecule is CN(C)c1ccc(-c2cnn3c(N)c(-c4ccc(OS(=O)(=O)c5ccc(Cl)cc5)cc4)cnc23)cc1. The average molecular weight is 520 g/mol. The molecule has 0 saturated heterocycles. The molecule has 0 atom stereocenters. The van der Waals surface area contributed by atoms with Crippen LogP contribution in [0.3, 0.4) is 0 Å². The molecule has 0 radical (unpaired) electrons. The zero-order valence-electron chi connectivity index (χ0n) is 19.5. The zero-order chi connectivity index (χ0) is 25.4.